The molecule has 0 atom stereocenters. The lowest BCUT2D eigenvalue weighted by molar-refractivity contribution is -0.386. The molecule has 0 unspecified atom stereocenters. The number of amides is 1. The van der Waals surface area contributed by atoms with Crippen molar-refractivity contribution in [1.29, 1.82) is 0 Å². The molecule has 1 amide bonds. The van der Waals surface area contributed by atoms with Gasteiger partial charge in [0.05, 0.1) is 4.92 Å². The lowest BCUT2D eigenvalue weighted by atomic mass is 9.95. The van der Waals surface area contributed by atoms with Crippen molar-refractivity contribution in [3.8, 4) is 5.75 Å². The molecule has 0 spiro atoms. The van der Waals surface area contributed by atoms with Crippen LogP contribution in [-0.4, -0.2) is 22.0 Å². The molecular formula is C14H18N2O4. The first-order valence-electron chi connectivity index (χ1n) is 6.78. The van der Waals surface area contributed by atoms with Crippen LogP contribution in [0.3, 0.4) is 0 Å². The van der Waals surface area contributed by atoms with Gasteiger partial charge in [0, 0.05) is 6.04 Å². The van der Waals surface area contributed by atoms with Gasteiger partial charge in [-0.2, -0.15) is 0 Å². The first-order chi connectivity index (χ1) is 9.50. The molecule has 1 fully saturated rings. The smallest absolute Gasteiger partial charge is 0.323 e. The molecule has 0 bridgehead atoms. The molecule has 1 aliphatic rings. The van der Waals surface area contributed by atoms with E-state index in [1.165, 1.54) is 12.1 Å². The molecule has 2 N–H and O–H groups in total. The summed E-state index contributed by atoms with van der Waals surface area (Å²) < 4.78 is 0. The number of aromatic hydroxyl groups is 1. The Labute approximate surface area is 117 Å². The van der Waals surface area contributed by atoms with E-state index in [9.17, 15) is 20.0 Å². The van der Waals surface area contributed by atoms with Crippen molar-refractivity contribution < 1.29 is 14.8 Å². The van der Waals surface area contributed by atoms with Gasteiger partial charge >= 0.3 is 5.69 Å². The predicted octanol–water partition coefficient (Wildman–Crippen LogP) is 2.67. The maximum absolute atomic E-state index is 12.2. The van der Waals surface area contributed by atoms with E-state index in [0.29, 0.717) is 5.56 Å². The van der Waals surface area contributed by atoms with E-state index in [1.807, 2.05) is 0 Å². The third-order valence-corrected chi connectivity index (χ3v) is 3.72. The number of benzene rings is 1. The molecule has 1 aliphatic carbocycles. The first-order valence-corrected chi connectivity index (χ1v) is 6.78. The van der Waals surface area contributed by atoms with Gasteiger partial charge < -0.3 is 10.4 Å². The van der Waals surface area contributed by atoms with Crippen LogP contribution in [0.1, 0.15) is 48.0 Å². The summed E-state index contributed by atoms with van der Waals surface area (Å²) in [5.41, 5.74) is -0.215. The Kier molecular flexibility index (Phi) is 4.22. The quantitative estimate of drug-likeness (QED) is 0.656. The van der Waals surface area contributed by atoms with Crippen molar-refractivity contribution in [3.63, 3.8) is 0 Å². The lowest BCUT2D eigenvalue weighted by Gasteiger charge is -2.22. The highest BCUT2D eigenvalue weighted by molar-refractivity contribution is 5.99. The van der Waals surface area contributed by atoms with Crippen molar-refractivity contribution in [2.45, 2.75) is 45.1 Å². The number of nitrogens with zero attached hydrogens (tertiary/aromatic N) is 1. The summed E-state index contributed by atoms with van der Waals surface area (Å²) >= 11 is 0. The molecule has 0 heterocycles. The number of nitro groups is 1. The fourth-order valence-electron chi connectivity index (χ4n) is 2.56. The number of nitro benzene ring substituents is 1. The second kappa shape index (κ2) is 5.90. The van der Waals surface area contributed by atoms with Gasteiger partial charge in [0.25, 0.3) is 5.91 Å². The highest BCUT2D eigenvalue weighted by Gasteiger charge is 2.27. The second-order valence-electron chi connectivity index (χ2n) is 5.19. The van der Waals surface area contributed by atoms with Crippen molar-refractivity contribution in [2.75, 3.05) is 0 Å². The van der Waals surface area contributed by atoms with Gasteiger partial charge in [-0.1, -0.05) is 25.3 Å². The van der Waals surface area contributed by atoms with E-state index in [2.05, 4.69) is 5.32 Å². The molecule has 0 aliphatic heterocycles. The SMILES string of the molecule is Cc1ccc(C(=O)NC2CCCCC2)c([N+](=O)[O-])c1O. The highest BCUT2D eigenvalue weighted by atomic mass is 16.6. The summed E-state index contributed by atoms with van der Waals surface area (Å²) in [5.74, 6) is -0.926. The minimum atomic E-state index is -0.710. The van der Waals surface area contributed by atoms with Gasteiger partial charge in [-0.3, -0.25) is 14.9 Å². The van der Waals surface area contributed by atoms with Crippen LogP contribution in [0.25, 0.3) is 0 Å². The number of hydrogen-bond acceptors (Lipinski definition) is 4. The van der Waals surface area contributed by atoms with E-state index in [0.717, 1.165) is 32.1 Å². The summed E-state index contributed by atoms with van der Waals surface area (Å²) in [6, 6.07) is 2.98. The number of phenolic OH excluding ortho intramolecular Hbond substituents is 1. The van der Waals surface area contributed by atoms with E-state index in [1.54, 1.807) is 6.92 Å². The van der Waals surface area contributed by atoms with E-state index >= 15 is 0 Å². The Morgan fingerprint density at radius 3 is 2.60 bits per heavy atom. The predicted molar refractivity (Wildman–Crippen MR) is 73.8 cm³/mol. The summed E-state index contributed by atoms with van der Waals surface area (Å²) in [4.78, 5) is 22.5. The van der Waals surface area contributed by atoms with Crippen molar-refractivity contribution in [3.05, 3.63) is 33.4 Å². The summed E-state index contributed by atoms with van der Waals surface area (Å²) in [5, 5.41) is 23.7. The second-order valence-corrected chi connectivity index (χ2v) is 5.19. The van der Waals surface area contributed by atoms with Gasteiger partial charge in [0.2, 0.25) is 0 Å². The number of carbonyl (C=O) groups excluding carboxylic acids is 1. The van der Waals surface area contributed by atoms with Crippen LogP contribution in [0, 0.1) is 17.0 Å². The van der Waals surface area contributed by atoms with E-state index < -0.39 is 22.3 Å². The molecule has 0 aromatic heterocycles. The van der Waals surface area contributed by atoms with Gasteiger partial charge in [-0.25, -0.2) is 0 Å². The summed E-state index contributed by atoms with van der Waals surface area (Å²) in [6.07, 6.45) is 5.09. The third-order valence-electron chi connectivity index (χ3n) is 3.72. The number of aryl methyl sites for hydroxylation is 1. The number of phenols is 1. The Balaban J connectivity index is 2.25. The maximum atomic E-state index is 12.2. The standard InChI is InChI=1S/C14H18N2O4/c1-9-7-8-11(12(13(9)17)16(19)20)14(18)15-10-5-3-2-4-6-10/h7-8,10,17H,2-6H2,1H3,(H,15,18). The van der Waals surface area contributed by atoms with Crippen molar-refractivity contribution >= 4 is 11.6 Å². The zero-order chi connectivity index (χ0) is 14.7. The number of rotatable bonds is 3. The Bertz CT molecular complexity index is 536. The van der Waals surface area contributed by atoms with Crippen LogP contribution in [0.15, 0.2) is 12.1 Å². The van der Waals surface area contributed by atoms with Crippen LogP contribution in [0.2, 0.25) is 0 Å². The molecule has 1 saturated carbocycles. The molecule has 0 radical (unpaired) electrons. The number of carbonyl (C=O) groups is 1. The molecular weight excluding hydrogens is 260 g/mol. The largest absolute Gasteiger partial charge is 0.502 e. The van der Waals surface area contributed by atoms with E-state index in [-0.39, 0.29) is 11.6 Å². The van der Waals surface area contributed by atoms with Gasteiger partial charge in [-0.05, 0) is 31.4 Å². The number of hydrogen-bond donors (Lipinski definition) is 2. The number of nitrogens with one attached hydrogen (secondary N) is 1. The van der Waals surface area contributed by atoms with Gasteiger partial charge in [-0.15, -0.1) is 0 Å². The average molecular weight is 278 g/mol. The molecule has 2 rings (SSSR count). The molecule has 6 nitrogen and oxygen atoms in total. The molecule has 1 aromatic carbocycles. The van der Waals surface area contributed by atoms with Gasteiger partial charge in [0.15, 0.2) is 5.75 Å². The van der Waals surface area contributed by atoms with Gasteiger partial charge in [0.1, 0.15) is 5.56 Å². The molecule has 1 aromatic rings. The normalized spacial score (nSPS) is 15.8. The van der Waals surface area contributed by atoms with Crippen LogP contribution in [0.4, 0.5) is 5.69 Å². The zero-order valence-electron chi connectivity index (χ0n) is 11.4. The Morgan fingerprint density at radius 2 is 2.00 bits per heavy atom. The molecule has 20 heavy (non-hydrogen) atoms. The van der Waals surface area contributed by atoms with Crippen molar-refractivity contribution in [1.82, 2.24) is 5.32 Å². The lowest BCUT2D eigenvalue weighted by Crippen LogP contribution is -2.36. The fourth-order valence-corrected chi connectivity index (χ4v) is 2.56. The third kappa shape index (κ3) is 2.89. The van der Waals surface area contributed by atoms with Crippen molar-refractivity contribution in [2.24, 2.45) is 0 Å². The minimum absolute atomic E-state index is 0.0688. The van der Waals surface area contributed by atoms with Crippen LogP contribution in [0.5, 0.6) is 5.75 Å². The van der Waals surface area contributed by atoms with Crippen LogP contribution in [-0.2, 0) is 0 Å². The van der Waals surface area contributed by atoms with Crippen LogP contribution >= 0.6 is 0 Å². The highest BCUT2D eigenvalue weighted by Crippen LogP contribution is 2.33. The first kappa shape index (κ1) is 14.3. The topological polar surface area (TPSA) is 92.5 Å². The Hall–Kier alpha value is -2.11. The molecule has 0 saturated heterocycles. The minimum Gasteiger partial charge on any atom is -0.502 e. The maximum Gasteiger partial charge on any atom is 0.323 e. The molecule has 108 valence electrons. The average Bonchev–Trinajstić information content (AvgIpc) is 2.42. The molecule has 6 heteroatoms. The fraction of sp³-hybridized carbons (Fsp3) is 0.500. The summed E-state index contributed by atoms with van der Waals surface area (Å²) in [7, 11) is 0. The van der Waals surface area contributed by atoms with Crippen LogP contribution < -0.4 is 5.32 Å². The Morgan fingerprint density at radius 1 is 1.35 bits per heavy atom. The zero-order valence-corrected chi connectivity index (χ0v) is 11.4. The summed E-state index contributed by atoms with van der Waals surface area (Å²) in [6.45, 7) is 1.56. The van der Waals surface area contributed by atoms with E-state index in [4.69, 9.17) is 0 Å². The monoisotopic (exact) mass is 278 g/mol.